The lowest BCUT2D eigenvalue weighted by Crippen LogP contribution is -2.37. The fourth-order valence-electron chi connectivity index (χ4n) is 4.05. The molecule has 1 unspecified atom stereocenters. The summed E-state index contributed by atoms with van der Waals surface area (Å²) in [6, 6.07) is 21.1. The van der Waals surface area contributed by atoms with Crippen LogP contribution in [0.25, 0.3) is 22.3 Å². The van der Waals surface area contributed by atoms with Crippen molar-refractivity contribution in [3.8, 4) is 11.4 Å². The SMILES string of the molecule is CC(NCc1cc(N2CCOCC2)nc(-c2cccc3[nH]ccc23)n1)c1ccccc1. The van der Waals surface area contributed by atoms with Gasteiger partial charge in [0.25, 0.3) is 0 Å². The standard InChI is InChI=1S/C25H27N5O/c1-18(19-6-3-2-4-7-19)27-17-20-16-24(30-12-14-31-15-13-30)29-25(28-20)22-8-5-9-23-21(22)10-11-26-23/h2-11,16,18,26-27H,12-15,17H2,1H3. The third-order valence-corrected chi connectivity index (χ3v) is 5.83. The van der Waals surface area contributed by atoms with Crippen molar-refractivity contribution in [2.24, 2.45) is 0 Å². The summed E-state index contributed by atoms with van der Waals surface area (Å²) in [5.74, 6) is 1.73. The number of nitrogens with one attached hydrogen (secondary N) is 2. The molecule has 6 heteroatoms. The van der Waals surface area contributed by atoms with Crippen LogP contribution in [0, 0.1) is 0 Å². The molecule has 0 saturated carbocycles. The average Bonchev–Trinajstić information content (AvgIpc) is 3.32. The molecule has 5 rings (SSSR count). The zero-order valence-corrected chi connectivity index (χ0v) is 17.7. The molecule has 0 aliphatic carbocycles. The number of H-pyrrole nitrogens is 1. The van der Waals surface area contributed by atoms with Crippen LogP contribution in [0.2, 0.25) is 0 Å². The van der Waals surface area contributed by atoms with Crippen molar-refractivity contribution in [2.45, 2.75) is 19.5 Å². The van der Waals surface area contributed by atoms with Gasteiger partial charge in [-0.1, -0.05) is 42.5 Å². The van der Waals surface area contributed by atoms with E-state index in [0.29, 0.717) is 6.54 Å². The summed E-state index contributed by atoms with van der Waals surface area (Å²) in [5, 5.41) is 4.75. The highest BCUT2D eigenvalue weighted by atomic mass is 16.5. The molecule has 0 radical (unpaired) electrons. The lowest BCUT2D eigenvalue weighted by atomic mass is 10.1. The molecule has 158 valence electrons. The second-order valence-corrected chi connectivity index (χ2v) is 7.90. The molecule has 0 bridgehead atoms. The lowest BCUT2D eigenvalue weighted by molar-refractivity contribution is 0.122. The number of aromatic amines is 1. The average molecular weight is 414 g/mol. The van der Waals surface area contributed by atoms with E-state index in [0.717, 1.165) is 60.1 Å². The Kier molecular flexibility index (Phi) is 5.65. The maximum atomic E-state index is 5.54. The van der Waals surface area contributed by atoms with E-state index >= 15 is 0 Å². The highest BCUT2D eigenvalue weighted by Gasteiger charge is 2.17. The molecule has 0 amide bonds. The third-order valence-electron chi connectivity index (χ3n) is 5.83. The lowest BCUT2D eigenvalue weighted by Gasteiger charge is -2.28. The van der Waals surface area contributed by atoms with Gasteiger partial charge in [-0.05, 0) is 24.6 Å². The van der Waals surface area contributed by atoms with E-state index in [1.54, 1.807) is 0 Å². The van der Waals surface area contributed by atoms with Gasteiger partial charge in [-0.15, -0.1) is 0 Å². The van der Waals surface area contributed by atoms with Gasteiger partial charge < -0.3 is 19.9 Å². The first kappa shape index (κ1) is 19.7. The van der Waals surface area contributed by atoms with Crippen LogP contribution in [-0.2, 0) is 11.3 Å². The molecule has 1 saturated heterocycles. The van der Waals surface area contributed by atoms with Crippen LogP contribution in [0.1, 0.15) is 24.2 Å². The van der Waals surface area contributed by atoms with Crippen molar-refractivity contribution in [1.82, 2.24) is 20.3 Å². The van der Waals surface area contributed by atoms with Crippen LogP contribution in [0.4, 0.5) is 5.82 Å². The summed E-state index contributed by atoms with van der Waals surface area (Å²) in [5.41, 5.74) is 4.39. The van der Waals surface area contributed by atoms with Crippen molar-refractivity contribution < 1.29 is 4.74 Å². The normalized spacial score (nSPS) is 15.3. The van der Waals surface area contributed by atoms with Gasteiger partial charge in [-0.25, -0.2) is 9.97 Å². The minimum absolute atomic E-state index is 0.236. The Morgan fingerprint density at radius 1 is 1.03 bits per heavy atom. The molecule has 2 aromatic heterocycles. The highest BCUT2D eigenvalue weighted by molar-refractivity contribution is 5.93. The third kappa shape index (κ3) is 4.31. The summed E-state index contributed by atoms with van der Waals surface area (Å²) in [7, 11) is 0. The van der Waals surface area contributed by atoms with Crippen molar-refractivity contribution >= 4 is 16.7 Å². The Labute approximate surface area is 182 Å². The molecule has 0 spiro atoms. The number of anilines is 1. The van der Waals surface area contributed by atoms with Crippen LogP contribution in [0.15, 0.2) is 66.9 Å². The first-order valence-electron chi connectivity index (χ1n) is 10.8. The molecule has 1 fully saturated rings. The maximum absolute atomic E-state index is 5.54. The Bertz CT molecular complexity index is 1150. The van der Waals surface area contributed by atoms with Crippen LogP contribution < -0.4 is 10.2 Å². The van der Waals surface area contributed by atoms with Crippen LogP contribution in [-0.4, -0.2) is 41.3 Å². The number of hydrogen-bond donors (Lipinski definition) is 2. The molecule has 2 N–H and O–H groups in total. The molecular formula is C25H27N5O. The number of fused-ring (bicyclic) bond motifs is 1. The van der Waals surface area contributed by atoms with Gasteiger partial charge in [0.05, 0.1) is 18.9 Å². The number of aromatic nitrogens is 3. The molecule has 6 nitrogen and oxygen atoms in total. The second-order valence-electron chi connectivity index (χ2n) is 7.90. The van der Waals surface area contributed by atoms with Crippen molar-refractivity contribution in [3.63, 3.8) is 0 Å². The number of morpholine rings is 1. The topological polar surface area (TPSA) is 66.1 Å². The van der Waals surface area contributed by atoms with Gasteiger partial charge >= 0.3 is 0 Å². The number of ether oxygens (including phenoxy) is 1. The van der Waals surface area contributed by atoms with E-state index in [4.69, 9.17) is 14.7 Å². The molecule has 1 atom stereocenters. The van der Waals surface area contributed by atoms with E-state index in [2.05, 4.69) is 70.7 Å². The molecule has 1 aliphatic heterocycles. The predicted molar refractivity (Wildman–Crippen MR) is 124 cm³/mol. The van der Waals surface area contributed by atoms with E-state index < -0.39 is 0 Å². The Hall–Kier alpha value is -3.22. The summed E-state index contributed by atoms with van der Waals surface area (Å²) in [6.07, 6.45) is 1.96. The van der Waals surface area contributed by atoms with E-state index in [1.165, 1.54) is 5.56 Å². The zero-order valence-electron chi connectivity index (χ0n) is 17.7. The van der Waals surface area contributed by atoms with Crippen LogP contribution in [0.5, 0.6) is 0 Å². The minimum Gasteiger partial charge on any atom is -0.378 e. The van der Waals surface area contributed by atoms with E-state index in [1.807, 2.05) is 18.3 Å². The van der Waals surface area contributed by atoms with Gasteiger partial charge in [0.15, 0.2) is 5.82 Å². The van der Waals surface area contributed by atoms with Crippen molar-refractivity contribution in [1.29, 1.82) is 0 Å². The largest absolute Gasteiger partial charge is 0.378 e. The second kappa shape index (κ2) is 8.88. The van der Waals surface area contributed by atoms with Crippen LogP contribution >= 0.6 is 0 Å². The quantitative estimate of drug-likeness (QED) is 0.493. The van der Waals surface area contributed by atoms with Gasteiger partial charge in [0, 0.05) is 54.4 Å². The monoisotopic (exact) mass is 413 g/mol. The van der Waals surface area contributed by atoms with Gasteiger partial charge in [0.2, 0.25) is 0 Å². The van der Waals surface area contributed by atoms with E-state index in [9.17, 15) is 0 Å². The summed E-state index contributed by atoms with van der Waals surface area (Å²) < 4.78 is 5.54. The maximum Gasteiger partial charge on any atom is 0.162 e. The van der Waals surface area contributed by atoms with Crippen molar-refractivity contribution in [3.05, 3.63) is 78.1 Å². The number of rotatable bonds is 6. The summed E-state index contributed by atoms with van der Waals surface area (Å²) in [4.78, 5) is 15.5. The first-order chi connectivity index (χ1) is 15.3. The number of hydrogen-bond acceptors (Lipinski definition) is 5. The van der Waals surface area contributed by atoms with Crippen molar-refractivity contribution in [2.75, 3.05) is 31.2 Å². The molecule has 1 aliphatic rings. The summed E-state index contributed by atoms with van der Waals surface area (Å²) in [6.45, 7) is 6.00. The van der Waals surface area contributed by atoms with E-state index in [-0.39, 0.29) is 6.04 Å². The van der Waals surface area contributed by atoms with Gasteiger partial charge in [0.1, 0.15) is 5.82 Å². The molecular weight excluding hydrogens is 386 g/mol. The summed E-state index contributed by atoms with van der Waals surface area (Å²) >= 11 is 0. The van der Waals surface area contributed by atoms with Gasteiger partial charge in [-0.3, -0.25) is 0 Å². The van der Waals surface area contributed by atoms with Crippen LogP contribution in [0.3, 0.4) is 0 Å². The van der Waals surface area contributed by atoms with Gasteiger partial charge in [-0.2, -0.15) is 0 Å². The molecule has 3 heterocycles. The fraction of sp³-hybridized carbons (Fsp3) is 0.280. The number of benzene rings is 2. The molecule has 2 aromatic carbocycles. The zero-order chi connectivity index (χ0) is 21.0. The molecule has 31 heavy (non-hydrogen) atoms. The smallest absolute Gasteiger partial charge is 0.162 e. The Morgan fingerprint density at radius 3 is 2.71 bits per heavy atom. The highest BCUT2D eigenvalue weighted by Crippen LogP contribution is 2.28. The Balaban J connectivity index is 1.48. The molecule has 4 aromatic rings. The number of nitrogens with zero attached hydrogens (tertiary/aromatic N) is 3. The predicted octanol–water partition coefficient (Wildman–Crippen LogP) is 4.31. The Morgan fingerprint density at radius 2 is 1.87 bits per heavy atom. The first-order valence-corrected chi connectivity index (χ1v) is 10.8. The fourth-order valence-corrected chi connectivity index (χ4v) is 4.05. The minimum atomic E-state index is 0.236.